The summed E-state index contributed by atoms with van der Waals surface area (Å²) in [5, 5.41) is 2.46. The molecule has 0 N–H and O–H groups in total. The third-order valence-electron chi connectivity index (χ3n) is 9.21. The van der Waals surface area contributed by atoms with Gasteiger partial charge in [-0.1, -0.05) is 121 Å². The highest BCUT2D eigenvalue weighted by molar-refractivity contribution is 6.10. The molecule has 0 aliphatic carbocycles. The van der Waals surface area contributed by atoms with E-state index in [1.165, 1.54) is 49.6 Å². The quantitative estimate of drug-likeness (QED) is 0.175. The lowest BCUT2D eigenvalue weighted by Crippen LogP contribution is -2.09. The Morgan fingerprint density at radius 3 is 1.71 bits per heavy atom. The van der Waals surface area contributed by atoms with Crippen LogP contribution in [0, 0.1) is 0 Å². The standard InChI is InChI=1S/C46H32N2O/c1-4-13-34(14-5-1)45-42-20-10-11-22-43(42)48-44(45)32-25-35-15-12-21-41(46(35)48)33-23-26-37(27-24-33)47(36-16-6-2-7-17-36)38-28-30-40(31-29-38)49-39-18-8-3-9-19-39/h1-32H. The van der Waals surface area contributed by atoms with Gasteiger partial charge in [-0.3, -0.25) is 0 Å². The number of nitrogens with zero attached hydrogens (tertiary/aromatic N) is 2. The van der Waals surface area contributed by atoms with Crippen LogP contribution < -0.4 is 9.64 Å². The maximum Gasteiger partial charge on any atom is 0.127 e. The Morgan fingerprint density at radius 2 is 0.980 bits per heavy atom. The summed E-state index contributed by atoms with van der Waals surface area (Å²) in [7, 11) is 0. The summed E-state index contributed by atoms with van der Waals surface area (Å²) in [6.45, 7) is 0. The monoisotopic (exact) mass is 628 g/mol. The lowest BCUT2D eigenvalue weighted by molar-refractivity contribution is 0.483. The van der Waals surface area contributed by atoms with Crippen LogP contribution >= 0.6 is 0 Å². The molecule has 0 aliphatic rings. The molecule has 3 nitrogen and oxygen atoms in total. The van der Waals surface area contributed by atoms with Crippen molar-refractivity contribution in [1.82, 2.24) is 4.40 Å². The van der Waals surface area contributed by atoms with Crippen LogP contribution in [-0.2, 0) is 0 Å². The molecule has 232 valence electrons. The largest absolute Gasteiger partial charge is 0.457 e. The molecule has 49 heavy (non-hydrogen) atoms. The zero-order valence-electron chi connectivity index (χ0n) is 26.8. The summed E-state index contributed by atoms with van der Waals surface area (Å²) in [4.78, 5) is 2.28. The Bertz CT molecular complexity index is 2540. The van der Waals surface area contributed by atoms with Crippen LogP contribution in [-0.4, -0.2) is 4.40 Å². The molecule has 0 saturated heterocycles. The molecule has 0 saturated carbocycles. The SMILES string of the molecule is c1ccc(Oc2ccc(N(c3ccccc3)c3ccc(-c4cccc5ccc6c(-c7ccccc7)c7ccccc7n6c45)cc3)cc2)cc1. The number of fused-ring (bicyclic) bond motifs is 5. The first-order chi connectivity index (χ1) is 24.3. The van der Waals surface area contributed by atoms with Gasteiger partial charge >= 0.3 is 0 Å². The fourth-order valence-corrected chi connectivity index (χ4v) is 7.02. The van der Waals surface area contributed by atoms with E-state index in [1.54, 1.807) is 0 Å². The van der Waals surface area contributed by atoms with Crippen LogP contribution in [0.5, 0.6) is 11.5 Å². The number of anilines is 3. The van der Waals surface area contributed by atoms with E-state index in [4.69, 9.17) is 4.74 Å². The first-order valence-electron chi connectivity index (χ1n) is 16.6. The highest BCUT2D eigenvalue weighted by atomic mass is 16.5. The van der Waals surface area contributed by atoms with Crippen molar-refractivity contribution in [2.75, 3.05) is 4.90 Å². The molecule has 0 bridgehead atoms. The van der Waals surface area contributed by atoms with Crippen molar-refractivity contribution in [3.05, 3.63) is 194 Å². The van der Waals surface area contributed by atoms with Crippen LogP contribution in [0.4, 0.5) is 17.1 Å². The van der Waals surface area contributed by atoms with Crippen LogP contribution in [0.3, 0.4) is 0 Å². The molecule has 0 fully saturated rings. The number of hydrogen-bond acceptors (Lipinski definition) is 2. The first kappa shape index (κ1) is 28.6. The van der Waals surface area contributed by atoms with Gasteiger partial charge in [0, 0.05) is 33.6 Å². The molecule has 0 spiro atoms. The van der Waals surface area contributed by atoms with E-state index in [2.05, 4.69) is 161 Å². The molecule has 0 unspecified atom stereocenters. The maximum absolute atomic E-state index is 6.09. The second-order valence-corrected chi connectivity index (χ2v) is 12.2. The van der Waals surface area contributed by atoms with Crippen molar-refractivity contribution in [3.8, 4) is 33.8 Å². The minimum absolute atomic E-state index is 0.800. The van der Waals surface area contributed by atoms with Gasteiger partial charge in [0.25, 0.3) is 0 Å². The minimum Gasteiger partial charge on any atom is -0.457 e. The van der Waals surface area contributed by atoms with Crippen molar-refractivity contribution in [3.63, 3.8) is 0 Å². The predicted molar refractivity (Wildman–Crippen MR) is 204 cm³/mol. The molecule has 0 amide bonds. The molecular formula is C46H32N2O. The Balaban J connectivity index is 1.15. The van der Waals surface area contributed by atoms with Gasteiger partial charge in [0.05, 0.1) is 16.6 Å². The summed E-state index contributed by atoms with van der Waals surface area (Å²) in [5.41, 5.74) is 11.7. The van der Waals surface area contributed by atoms with Crippen LogP contribution in [0.15, 0.2) is 194 Å². The number of aromatic nitrogens is 1. The smallest absolute Gasteiger partial charge is 0.127 e. The van der Waals surface area contributed by atoms with Crippen molar-refractivity contribution < 1.29 is 4.74 Å². The van der Waals surface area contributed by atoms with Gasteiger partial charge in [0.15, 0.2) is 0 Å². The summed E-state index contributed by atoms with van der Waals surface area (Å²) in [5.74, 6) is 1.62. The van der Waals surface area contributed by atoms with Crippen molar-refractivity contribution >= 4 is 44.4 Å². The Labute approximate surface area is 285 Å². The third kappa shape index (κ3) is 5.18. The fraction of sp³-hybridized carbons (Fsp3) is 0. The number of hydrogen-bond donors (Lipinski definition) is 0. The van der Waals surface area contributed by atoms with E-state index in [0.29, 0.717) is 0 Å². The van der Waals surface area contributed by atoms with E-state index in [-0.39, 0.29) is 0 Å². The average Bonchev–Trinajstić information content (AvgIpc) is 3.52. The lowest BCUT2D eigenvalue weighted by Gasteiger charge is -2.26. The van der Waals surface area contributed by atoms with E-state index < -0.39 is 0 Å². The molecule has 0 atom stereocenters. The van der Waals surface area contributed by atoms with Crippen LogP contribution in [0.25, 0.3) is 49.6 Å². The summed E-state index contributed by atoms with van der Waals surface area (Å²) >= 11 is 0. The van der Waals surface area contributed by atoms with Crippen LogP contribution in [0.1, 0.15) is 0 Å². The molecule has 0 aliphatic heterocycles. The minimum atomic E-state index is 0.800. The molecular weight excluding hydrogens is 597 g/mol. The number of para-hydroxylation sites is 4. The second-order valence-electron chi connectivity index (χ2n) is 12.2. The second kappa shape index (κ2) is 12.2. The average molecular weight is 629 g/mol. The summed E-state index contributed by atoms with van der Waals surface area (Å²) < 4.78 is 8.54. The highest BCUT2D eigenvalue weighted by Crippen LogP contribution is 2.41. The molecule has 7 aromatic carbocycles. The van der Waals surface area contributed by atoms with Gasteiger partial charge in [-0.2, -0.15) is 0 Å². The molecule has 9 rings (SSSR count). The molecule has 2 heterocycles. The maximum atomic E-state index is 6.09. The molecule has 9 aromatic rings. The zero-order chi connectivity index (χ0) is 32.6. The highest BCUT2D eigenvalue weighted by Gasteiger charge is 2.18. The van der Waals surface area contributed by atoms with Crippen molar-refractivity contribution in [2.24, 2.45) is 0 Å². The topological polar surface area (TPSA) is 16.9 Å². The molecule has 3 heteroatoms. The summed E-state index contributed by atoms with van der Waals surface area (Å²) in [6, 6.07) is 68.2. The predicted octanol–water partition coefficient (Wildman–Crippen LogP) is 12.8. The number of ether oxygens (including phenoxy) is 1. The normalized spacial score (nSPS) is 11.3. The Kier molecular flexibility index (Phi) is 7.14. The van der Waals surface area contributed by atoms with E-state index in [1.807, 2.05) is 42.5 Å². The number of rotatable bonds is 7. The number of benzene rings is 7. The Hall–Kier alpha value is -6.58. The number of pyridine rings is 1. The van der Waals surface area contributed by atoms with Gasteiger partial charge < -0.3 is 14.0 Å². The van der Waals surface area contributed by atoms with Crippen LogP contribution in [0.2, 0.25) is 0 Å². The van der Waals surface area contributed by atoms with Crippen molar-refractivity contribution in [1.29, 1.82) is 0 Å². The zero-order valence-corrected chi connectivity index (χ0v) is 26.8. The third-order valence-corrected chi connectivity index (χ3v) is 9.21. The van der Waals surface area contributed by atoms with E-state index in [9.17, 15) is 0 Å². The fourth-order valence-electron chi connectivity index (χ4n) is 7.02. The van der Waals surface area contributed by atoms with E-state index >= 15 is 0 Å². The van der Waals surface area contributed by atoms with E-state index in [0.717, 1.165) is 28.6 Å². The van der Waals surface area contributed by atoms with Gasteiger partial charge in [-0.05, 0) is 89.3 Å². The Morgan fingerprint density at radius 1 is 0.388 bits per heavy atom. The van der Waals surface area contributed by atoms with Gasteiger partial charge in [0.1, 0.15) is 11.5 Å². The molecule has 0 radical (unpaired) electrons. The van der Waals surface area contributed by atoms with Gasteiger partial charge in [-0.15, -0.1) is 0 Å². The lowest BCUT2D eigenvalue weighted by atomic mass is 10.00. The van der Waals surface area contributed by atoms with Gasteiger partial charge in [0.2, 0.25) is 0 Å². The van der Waals surface area contributed by atoms with Gasteiger partial charge in [-0.25, -0.2) is 0 Å². The van der Waals surface area contributed by atoms with Crippen molar-refractivity contribution in [2.45, 2.75) is 0 Å². The summed E-state index contributed by atoms with van der Waals surface area (Å²) in [6.07, 6.45) is 0. The molecule has 2 aromatic heterocycles. The first-order valence-corrected chi connectivity index (χ1v) is 16.6.